The van der Waals surface area contributed by atoms with E-state index in [9.17, 15) is 9.59 Å². The van der Waals surface area contributed by atoms with E-state index in [1.54, 1.807) is 7.05 Å². The lowest BCUT2D eigenvalue weighted by atomic mass is 9.80. The molecular weight excluding hydrogens is 202 g/mol. The van der Waals surface area contributed by atoms with Gasteiger partial charge in [-0.2, -0.15) is 0 Å². The molecule has 3 nitrogen and oxygen atoms in total. The normalized spacial score (nSPS) is 40.6. The van der Waals surface area contributed by atoms with E-state index in [1.807, 2.05) is 0 Å². The predicted octanol–water partition coefficient (Wildman–Crippen LogP) is 1.59. The second kappa shape index (κ2) is 3.19. The average Bonchev–Trinajstić information content (AvgIpc) is 2.88. The molecule has 4 atom stereocenters. The van der Waals surface area contributed by atoms with Crippen LogP contribution in [0.25, 0.3) is 0 Å². The maximum Gasteiger partial charge on any atom is 0.233 e. The molecule has 4 unspecified atom stereocenters. The molecule has 2 amide bonds. The summed E-state index contributed by atoms with van der Waals surface area (Å²) in [5, 5.41) is 0. The largest absolute Gasteiger partial charge is 0.285 e. The highest BCUT2D eigenvalue weighted by molar-refractivity contribution is 6.06. The zero-order valence-corrected chi connectivity index (χ0v) is 9.77. The first kappa shape index (κ1) is 10.1. The summed E-state index contributed by atoms with van der Waals surface area (Å²) < 4.78 is 0. The number of amides is 2. The van der Waals surface area contributed by atoms with Crippen molar-refractivity contribution in [2.75, 3.05) is 7.05 Å². The van der Waals surface area contributed by atoms with Crippen LogP contribution < -0.4 is 0 Å². The summed E-state index contributed by atoms with van der Waals surface area (Å²) in [6, 6.07) is 0. The molecule has 1 saturated heterocycles. The fraction of sp³-hybridized carbons (Fsp3) is 0.692. The van der Waals surface area contributed by atoms with Crippen molar-refractivity contribution in [2.45, 2.75) is 26.2 Å². The third-order valence-electron chi connectivity index (χ3n) is 4.48. The molecule has 2 bridgehead atoms. The summed E-state index contributed by atoms with van der Waals surface area (Å²) in [7, 11) is 1.63. The van der Waals surface area contributed by atoms with Crippen LogP contribution in [0.3, 0.4) is 0 Å². The van der Waals surface area contributed by atoms with Crippen LogP contribution in [0.15, 0.2) is 11.6 Å². The first-order chi connectivity index (χ1) is 7.65. The molecule has 3 aliphatic rings. The zero-order chi connectivity index (χ0) is 11.4. The molecule has 1 heterocycles. The number of hydrogen-bond acceptors (Lipinski definition) is 2. The van der Waals surface area contributed by atoms with Gasteiger partial charge in [0.2, 0.25) is 11.8 Å². The van der Waals surface area contributed by atoms with E-state index in [4.69, 9.17) is 0 Å². The van der Waals surface area contributed by atoms with Gasteiger partial charge in [-0.25, -0.2) is 0 Å². The van der Waals surface area contributed by atoms with E-state index in [-0.39, 0.29) is 23.7 Å². The van der Waals surface area contributed by atoms with Crippen LogP contribution in [0, 0.1) is 23.7 Å². The lowest BCUT2D eigenvalue weighted by Crippen LogP contribution is -2.28. The van der Waals surface area contributed by atoms with E-state index in [0.29, 0.717) is 11.8 Å². The summed E-state index contributed by atoms with van der Waals surface area (Å²) in [5.41, 5.74) is 1.44. The number of hydrogen-bond donors (Lipinski definition) is 0. The fourth-order valence-corrected chi connectivity index (χ4v) is 3.83. The number of likely N-dealkylation sites (tertiary alicyclic amines) is 1. The van der Waals surface area contributed by atoms with Gasteiger partial charge in [-0.05, 0) is 24.7 Å². The van der Waals surface area contributed by atoms with Gasteiger partial charge in [-0.1, -0.05) is 25.0 Å². The number of rotatable bonds is 2. The first-order valence-electron chi connectivity index (χ1n) is 6.17. The highest BCUT2D eigenvalue weighted by Crippen LogP contribution is 2.56. The van der Waals surface area contributed by atoms with Crippen LogP contribution in [0.2, 0.25) is 0 Å². The van der Waals surface area contributed by atoms with Gasteiger partial charge in [0.15, 0.2) is 0 Å². The Balaban J connectivity index is 1.94. The Kier molecular flexibility index (Phi) is 2.00. The molecule has 3 rings (SSSR count). The highest BCUT2D eigenvalue weighted by Gasteiger charge is 2.60. The van der Waals surface area contributed by atoms with Gasteiger partial charge < -0.3 is 0 Å². The van der Waals surface area contributed by atoms with Crippen LogP contribution in [0.4, 0.5) is 0 Å². The number of carbonyl (C=O) groups is 2. The number of nitrogens with zero attached hydrogens (tertiary/aromatic N) is 1. The van der Waals surface area contributed by atoms with E-state index >= 15 is 0 Å². The Labute approximate surface area is 95.5 Å². The summed E-state index contributed by atoms with van der Waals surface area (Å²) >= 11 is 0. The molecular formula is C13H17NO2. The minimum absolute atomic E-state index is 0.0194. The van der Waals surface area contributed by atoms with Gasteiger partial charge in [0.05, 0.1) is 11.8 Å². The Morgan fingerprint density at radius 1 is 1.31 bits per heavy atom. The quantitative estimate of drug-likeness (QED) is 0.522. The molecule has 0 aromatic rings. The Bertz CT molecular complexity index is 399. The Morgan fingerprint density at radius 2 is 2.00 bits per heavy atom. The zero-order valence-electron chi connectivity index (χ0n) is 9.77. The monoisotopic (exact) mass is 219 g/mol. The Hall–Kier alpha value is -1.12. The van der Waals surface area contributed by atoms with Gasteiger partial charge in [-0.15, -0.1) is 0 Å². The average molecular weight is 219 g/mol. The van der Waals surface area contributed by atoms with Crippen LogP contribution in [-0.4, -0.2) is 23.8 Å². The van der Waals surface area contributed by atoms with E-state index in [0.717, 1.165) is 19.3 Å². The lowest BCUT2D eigenvalue weighted by Gasteiger charge is -2.21. The van der Waals surface area contributed by atoms with Crippen molar-refractivity contribution in [1.82, 2.24) is 4.90 Å². The number of allylic oxidation sites excluding steroid dienone is 2. The van der Waals surface area contributed by atoms with Crippen LogP contribution in [0.5, 0.6) is 0 Å². The van der Waals surface area contributed by atoms with Crippen molar-refractivity contribution in [3.63, 3.8) is 0 Å². The minimum Gasteiger partial charge on any atom is -0.285 e. The molecule has 0 aromatic carbocycles. The summed E-state index contributed by atoms with van der Waals surface area (Å²) in [5.74, 6) is 0.782. The molecule has 0 aromatic heterocycles. The SMILES string of the molecule is CCCC1=CC2CC1C1C(=O)N(C)C(=O)C21. The van der Waals surface area contributed by atoms with Crippen LogP contribution >= 0.6 is 0 Å². The molecule has 2 fully saturated rings. The van der Waals surface area contributed by atoms with E-state index < -0.39 is 0 Å². The van der Waals surface area contributed by atoms with Gasteiger partial charge in [0, 0.05) is 7.05 Å². The molecule has 0 spiro atoms. The summed E-state index contributed by atoms with van der Waals surface area (Å²) in [4.78, 5) is 25.3. The standard InChI is InChI=1S/C13H17NO2/c1-3-4-7-5-8-6-9(7)11-10(8)12(15)14(2)13(11)16/h5,8-11H,3-4,6H2,1-2H3. The van der Waals surface area contributed by atoms with E-state index in [2.05, 4.69) is 13.0 Å². The molecule has 2 aliphatic carbocycles. The van der Waals surface area contributed by atoms with Crippen LogP contribution in [0.1, 0.15) is 26.2 Å². The summed E-state index contributed by atoms with van der Waals surface area (Å²) in [6.45, 7) is 2.16. The molecule has 0 N–H and O–H groups in total. The fourth-order valence-electron chi connectivity index (χ4n) is 3.83. The Morgan fingerprint density at radius 3 is 2.69 bits per heavy atom. The maximum atomic E-state index is 12.0. The molecule has 1 saturated carbocycles. The second-order valence-electron chi connectivity index (χ2n) is 5.28. The van der Waals surface area contributed by atoms with E-state index in [1.165, 1.54) is 10.5 Å². The highest BCUT2D eigenvalue weighted by atomic mass is 16.2. The summed E-state index contributed by atoms with van der Waals surface area (Å²) in [6.07, 6.45) is 5.54. The third kappa shape index (κ3) is 1.04. The van der Waals surface area contributed by atoms with Crippen LogP contribution in [-0.2, 0) is 9.59 Å². The number of carbonyl (C=O) groups excluding carboxylic acids is 2. The third-order valence-corrected chi connectivity index (χ3v) is 4.48. The van der Waals surface area contributed by atoms with Crippen molar-refractivity contribution in [2.24, 2.45) is 23.7 Å². The molecule has 16 heavy (non-hydrogen) atoms. The van der Waals surface area contributed by atoms with Crippen molar-refractivity contribution in [3.05, 3.63) is 11.6 Å². The molecule has 0 radical (unpaired) electrons. The molecule has 3 heteroatoms. The van der Waals surface area contributed by atoms with Gasteiger partial charge in [0.1, 0.15) is 0 Å². The van der Waals surface area contributed by atoms with Gasteiger partial charge >= 0.3 is 0 Å². The predicted molar refractivity (Wildman–Crippen MR) is 59.3 cm³/mol. The lowest BCUT2D eigenvalue weighted by molar-refractivity contribution is -0.139. The number of imide groups is 1. The van der Waals surface area contributed by atoms with Crippen molar-refractivity contribution in [1.29, 1.82) is 0 Å². The molecule has 86 valence electrons. The maximum absolute atomic E-state index is 12.0. The smallest absolute Gasteiger partial charge is 0.233 e. The second-order valence-corrected chi connectivity index (χ2v) is 5.28. The minimum atomic E-state index is -0.0249. The van der Waals surface area contributed by atoms with Crippen molar-refractivity contribution >= 4 is 11.8 Å². The first-order valence-corrected chi connectivity index (χ1v) is 6.17. The van der Waals surface area contributed by atoms with Crippen molar-refractivity contribution in [3.8, 4) is 0 Å². The molecule has 1 aliphatic heterocycles. The number of fused-ring (bicyclic) bond motifs is 5. The topological polar surface area (TPSA) is 37.4 Å². The van der Waals surface area contributed by atoms with Gasteiger partial charge in [0.25, 0.3) is 0 Å². The van der Waals surface area contributed by atoms with Gasteiger partial charge in [-0.3, -0.25) is 14.5 Å². The van der Waals surface area contributed by atoms with Crippen molar-refractivity contribution < 1.29 is 9.59 Å².